The molecule has 2 unspecified atom stereocenters. The van der Waals surface area contributed by atoms with E-state index in [-0.39, 0.29) is 18.1 Å². The number of anilines is 1. The van der Waals surface area contributed by atoms with Crippen molar-refractivity contribution in [2.24, 2.45) is 0 Å². The van der Waals surface area contributed by atoms with E-state index in [2.05, 4.69) is 10.6 Å². The summed E-state index contributed by atoms with van der Waals surface area (Å²) >= 11 is 12.8. The van der Waals surface area contributed by atoms with Crippen LogP contribution >= 0.6 is 35.0 Å². The van der Waals surface area contributed by atoms with Gasteiger partial charge in [0.1, 0.15) is 6.04 Å². The molecule has 1 aromatic rings. The van der Waals surface area contributed by atoms with E-state index >= 15 is 0 Å². The summed E-state index contributed by atoms with van der Waals surface area (Å²) in [6.07, 6.45) is -0.0525. The van der Waals surface area contributed by atoms with Crippen molar-refractivity contribution < 1.29 is 19.5 Å². The zero-order chi connectivity index (χ0) is 16.3. The molecule has 1 saturated heterocycles. The number of halogens is 2. The topological polar surface area (TPSA) is 95.5 Å². The molecule has 1 aliphatic rings. The highest BCUT2D eigenvalue weighted by molar-refractivity contribution is 8.00. The average molecular weight is 363 g/mol. The molecule has 2 rings (SSSR count). The van der Waals surface area contributed by atoms with Crippen LogP contribution < -0.4 is 10.6 Å². The average Bonchev–Trinajstić information content (AvgIpc) is 2.45. The van der Waals surface area contributed by atoms with E-state index in [1.54, 1.807) is 12.1 Å². The molecule has 0 radical (unpaired) electrons. The quantitative estimate of drug-likeness (QED) is 0.761. The molecule has 1 heterocycles. The molecule has 9 heteroatoms. The van der Waals surface area contributed by atoms with E-state index in [0.717, 1.165) is 11.8 Å². The van der Waals surface area contributed by atoms with Gasteiger partial charge in [-0.25, -0.2) is 4.79 Å². The van der Waals surface area contributed by atoms with Crippen LogP contribution in [0.25, 0.3) is 0 Å². The highest BCUT2D eigenvalue weighted by Crippen LogP contribution is 2.26. The van der Waals surface area contributed by atoms with Crippen molar-refractivity contribution >= 4 is 58.4 Å². The maximum atomic E-state index is 11.9. The fourth-order valence-electron chi connectivity index (χ4n) is 1.83. The van der Waals surface area contributed by atoms with Crippen LogP contribution in [0.1, 0.15) is 6.42 Å². The molecular weight excluding hydrogens is 351 g/mol. The van der Waals surface area contributed by atoms with Crippen LogP contribution in [0, 0.1) is 0 Å². The van der Waals surface area contributed by atoms with E-state index in [0.29, 0.717) is 15.7 Å². The molecule has 0 spiro atoms. The number of hydrogen-bond donors (Lipinski definition) is 3. The first-order valence-electron chi connectivity index (χ1n) is 6.26. The molecule has 3 N–H and O–H groups in total. The van der Waals surface area contributed by atoms with Gasteiger partial charge in [-0.3, -0.25) is 9.59 Å². The summed E-state index contributed by atoms with van der Waals surface area (Å²) in [5.74, 6) is -1.67. The van der Waals surface area contributed by atoms with Gasteiger partial charge in [-0.2, -0.15) is 0 Å². The molecule has 0 saturated carbocycles. The van der Waals surface area contributed by atoms with E-state index in [9.17, 15) is 14.4 Å². The Morgan fingerprint density at radius 1 is 1.36 bits per heavy atom. The number of aliphatic carboxylic acids is 1. The highest BCUT2D eigenvalue weighted by Gasteiger charge is 2.33. The first-order valence-corrected chi connectivity index (χ1v) is 8.07. The van der Waals surface area contributed by atoms with Gasteiger partial charge in [0.15, 0.2) is 0 Å². The van der Waals surface area contributed by atoms with Crippen molar-refractivity contribution in [1.82, 2.24) is 5.32 Å². The Kier molecular flexibility index (Phi) is 5.55. The molecule has 6 nitrogen and oxygen atoms in total. The maximum absolute atomic E-state index is 11.9. The molecule has 0 aromatic heterocycles. The molecule has 2 amide bonds. The molecular formula is C13H12Cl2N2O4S. The van der Waals surface area contributed by atoms with Gasteiger partial charge >= 0.3 is 5.97 Å². The highest BCUT2D eigenvalue weighted by atomic mass is 35.5. The van der Waals surface area contributed by atoms with Gasteiger partial charge in [0, 0.05) is 17.9 Å². The molecule has 1 fully saturated rings. The minimum Gasteiger partial charge on any atom is -0.480 e. The minimum atomic E-state index is -1.08. The Hall–Kier alpha value is -1.44. The summed E-state index contributed by atoms with van der Waals surface area (Å²) in [6, 6.07) is 3.75. The molecule has 22 heavy (non-hydrogen) atoms. The van der Waals surface area contributed by atoms with Crippen LogP contribution in [-0.4, -0.2) is 39.9 Å². The summed E-state index contributed by atoms with van der Waals surface area (Å²) in [6.45, 7) is 0. The van der Waals surface area contributed by atoms with Crippen molar-refractivity contribution in [1.29, 1.82) is 0 Å². The summed E-state index contributed by atoms with van der Waals surface area (Å²) in [4.78, 5) is 34.5. The Morgan fingerprint density at radius 2 is 2.09 bits per heavy atom. The molecule has 0 bridgehead atoms. The smallest absolute Gasteiger partial charge is 0.327 e. The summed E-state index contributed by atoms with van der Waals surface area (Å²) < 4.78 is 0. The van der Waals surface area contributed by atoms with Gasteiger partial charge in [-0.15, -0.1) is 11.8 Å². The van der Waals surface area contributed by atoms with Crippen molar-refractivity contribution in [3.8, 4) is 0 Å². The van der Waals surface area contributed by atoms with Crippen LogP contribution in [0.2, 0.25) is 10.0 Å². The lowest BCUT2D eigenvalue weighted by atomic mass is 10.2. The minimum absolute atomic E-state index is 0.0525. The third kappa shape index (κ3) is 4.28. The lowest BCUT2D eigenvalue weighted by Gasteiger charge is -2.25. The molecule has 0 aliphatic carbocycles. The molecule has 118 valence electrons. The van der Waals surface area contributed by atoms with Gasteiger partial charge in [0.25, 0.3) is 0 Å². The number of carbonyl (C=O) groups excluding carboxylic acids is 2. The first-order chi connectivity index (χ1) is 10.4. The Bertz CT molecular complexity index is 626. The van der Waals surface area contributed by atoms with E-state index in [4.69, 9.17) is 28.3 Å². The zero-order valence-electron chi connectivity index (χ0n) is 11.1. The van der Waals surface area contributed by atoms with E-state index < -0.39 is 23.2 Å². The lowest BCUT2D eigenvalue weighted by Crippen LogP contribution is -2.51. The van der Waals surface area contributed by atoms with Crippen LogP contribution in [-0.2, 0) is 14.4 Å². The largest absolute Gasteiger partial charge is 0.480 e. The maximum Gasteiger partial charge on any atom is 0.327 e. The van der Waals surface area contributed by atoms with Crippen LogP contribution in [0.4, 0.5) is 5.69 Å². The summed E-state index contributed by atoms with van der Waals surface area (Å²) in [7, 11) is 0. The second-order valence-corrected chi connectivity index (χ2v) is 6.65. The van der Waals surface area contributed by atoms with Gasteiger partial charge in [0.2, 0.25) is 11.8 Å². The van der Waals surface area contributed by atoms with E-state index in [1.165, 1.54) is 6.07 Å². The summed E-state index contributed by atoms with van der Waals surface area (Å²) in [5.41, 5.74) is 0.476. The van der Waals surface area contributed by atoms with Crippen LogP contribution in [0.5, 0.6) is 0 Å². The lowest BCUT2D eigenvalue weighted by molar-refractivity contribution is -0.141. The van der Waals surface area contributed by atoms with Crippen LogP contribution in [0.3, 0.4) is 0 Å². The molecule has 1 aliphatic heterocycles. The predicted octanol–water partition coefficient (Wildman–Crippen LogP) is 2.01. The summed E-state index contributed by atoms with van der Waals surface area (Å²) in [5, 5.41) is 13.9. The third-order valence-corrected chi connectivity index (χ3v) is 4.99. The van der Waals surface area contributed by atoms with Gasteiger partial charge in [-0.05, 0) is 18.2 Å². The monoisotopic (exact) mass is 362 g/mol. The van der Waals surface area contributed by atoms with Gasteiger partial charge < -0.3 is 15.7 Å². The number of carboxylic acids is 1. The number of carboxylic acid groups (broad SMARTS) is 1. The predicted molar refractivity (Wildman–Crippen MR) is 85.5 cm³/mol. The van der Waals surface area contributed by atoms with Crippen molar-refractivity contribution in [3.63, 3.8) is 0 Å². The Labute approximate surface area is 140 Å². The number of benzene rings is 1. The second-order valence-electron chi connectivity index (χ2n) is 4.60. The second kappa shape index (κ2) is 7.21. The van der Waals surface area contributed by atoms with Crippen molar-refractivity contribution in [2.75, 3.05) is 11.1 Å². The van der Waals surface area contributed by atoms with Crippen molar-refractivity contribution in [2.45, 2.75) is 17.7 Å². The zero-order valence-corrected chi connectivity index (χ0v) is 13.5. The van der Waals surface area contributed by atoms with Gasteiger partial charge in [0.05, 0.1) is 15.3 Å². The number of nitrogens with one attached hydrogen (secondary N) is 2. The van der Waals surface area contributed by atoms with E-state index in [1.807, 2.05) is 0 Å². The normalized spacial score (nSPS) is 21.1. The Morgan fingerprint density at radius 3 is 2.68 bits per heavy atom. The first kappa shape index (κ1) is 16.9. The number of hydrogen-bond acceptors (Lipinski definition) is 4. The number of carbonyl (C=O) groups is 3. The molecule has 1 aromatic carbocycles. The Balaban J connectivity index is 1.91. The van der Waals surface area contributed by atoms with Crippen LogP contribution in [0.15, 0.2) is 18.2 Å². The fraction of sp³-hybridized carbons (Fsp3) is 0.308. The molecule has 2 atom stereocenters. The fourth-order valence-corrected chi connectivity index (χ4v) is 3.27. The number of rotatable bonds is 4. The van der Waals surface area contributed by atoms with Crippen molar-refractivity contribution in [3.05, 3.63) is 28.2 Å². The third-order valence-electron chi connectivity index (χ3n) is 2.95. The number of thioether (sulfide) groups is 1. The number of amides is 2. The van der Waals surface area contributed by atoms with Gasteiger partial charge in [-0.1, -0.05) is 23.2 Å². The standard InChI is InChI=1S/C13H12Cl2N2O4S/c14-7-2-1-6(3-8(7)15)16-11(18)4-10-12(19)17-9(5-22-10)13(20)21/h1-3,9-10H,4-5H2,(H,16,18)(H,17,19)(H,20,21). The SMILES string of the molecule is O=C(CC1SCC(C(=O)O)NC1=O)Nc1ccc(Cl)c(Cl)c1.